The van der Waals surface area contributed by atoms with Gasteiger partial charge in [-0.1, -0.05) is 0 Å². The number of fused-ring (bicyclic) bond motifs is 1. The molecule has 0 radical (unpaired) electrons. The van der Waals surface area contributed by atoms with E-state index in [4.69, 9.17) is 0 Å². The highest BCUT2D eigenvalue weighted by atomic mass is 15.3. The number of aromatic nitrogens is 2. The molecule has 18 heavy (non-hydrogen) atoms. The Labute approximate surface area is 108 Å². The van der Waals surface area contributed by atoms with Crippen molar-refractivity contribution in [2.24, 2.45) is 0 Å². The van der Waals surface area contributed by atoms with Gasteiger partial charge in [-0.05, 0) is 38.6 Å². The van der Waals surface area contributed by atoms with Crippen molar-refractivity contribution in [1.29, 1.82) is 0 Å². The summed E-state index contributed by atoms with van der Waals surface area (Å²) in [5.74, 6) is 0. The van der Waals surface area contributed by atoms with Crippen molar-refractivity contribution in [2.75, 3.05) is 13.1 Å². The monoisotopic (exact) mass is 246 g/mol. The van der Waals surface area contributed by atoms with E-state index in [1.165, 1.54) is 50.9 Å². The van der Waals surface area contributed by atoms with Crippen LogP contribution >= 0.6 is 0 Å². The van der Waals surface area contributed by atoms with Crippen LogP contribution in [-0.2, 0) is 6.54 Å². The summed E-state index contributed by atoms with van der Waals surface area (Å²) in [4.78, 5) is 7.05. The predicted octanol–water partition coefficient (Wildman–Crippen LogP) is 1.54. The molecule has 0 spiro atoms. The van der Waals surface area contributed by atoms with Gasteiger partial charge in [0.05, 0.1) is 18.1 Å². The van der Waals surface area contributed by atoms with Crippen LogP contribution in [0.25, 0.3) is 0 Å². The number of hydrogen-bond acceptors (Lipinski definition) is 3. The van der Waals surface area contributed by atoms with E-state index in [0.717, 1.165) is 18.6 Å². The van der Waals surface area contributed by atoms with Crippen LogP contribution in [0, 0.1) is 0 Å². The smallest absolute Gasteiger partial charge is 0.0951 e. The zero-order chi connectivity index (χ0) is 11.9. The topological polar surface area (TPSA) is 33.1 Å². The van der Waals surface area contributed by atoms with E-state index in [9.17, 15) is 0 Å². The highest BCUT2D eigenvalue weighted by Gasteiger charge is 2.38. The summed E-state index contributed by atoms with van der Waals surface area (Å²) < 4.78 is 2.45. The minimum absolute atomic E-state index is 0.672. The number of rotatable bonds is 4. The molecule has 0 bridgehead atoms. The average Bonchev–Trinajstić information content (AvgIpc) is 2.80. The van der Waals surface area contributed by atoms with Crippen LogP contribution in [-0.4, -0.2) is 39.6 Å². The van der Waals surface area contributed by atoms with E-state index in [-0.39, 0.29) is 0 Å². The molecule has 3 fully saturated rings. The molecular formula is C14H22N4. The van der Waals surface area contributed by atoms with Gasteiger partial charge >= 0.3 is 0 Å². The normalized spacial score (nSPS) is 32.0. The van der Waals surface area contributed by atoms with E-state index in [1.54, 1.807) is 0 Å². The van der Waals surface area contributed by atoms with Crippen molar-refractivity contribution in [3.05, 3.63) is 18.2 Å². The van der Waals surface area contributed by atoms with E-state index >= 15 is 0 Å². The van der Waals surface area contributed by atoms with Crippen molar-refractivity contribution in [3.63, 3.8) is 0 Å². The Morgan fingerprint density at radius 1 is 1.17 bits per heavy atom. The lowest BCUT2D eigenvalue weighted by Crippen LogP contribution is -2.29. The Hall–Kier alpha value is -0.870. The standard InChI is InChI=1S/C14H22N4/c1-2-13-14(5-7-17(13)6-1)18-10-15-8-12(18)9-16-11-3-4-11/h8,10-11,13-14,16H,1-7,9H2. The van der Waals surface area contributed by atoms with Crippen LogP contribution in [0.5, 0.6) is 0 Å². The second-order valence-corrected chi connectivity index (χ2v) is 6.05. The molecular weight excluding hydrogens is 224 g/mol. The second-order valence-electron chi connectivity index (χ2n) is 6.05. The molecule has 1 saturated carbocycles. The van der Waals surface area contributed by atoms with Crippen LogP contribution in [0.4, 0.5) is 0 Å². The molecule has 4 heteroatoms. The molecule has 3 aliphatic rings. The summed E-state index contributed by atoms with van der Waals surface area (Å²) in [7, 11) is 0. The molecule has 1 aromatic heterocycles. The maximum atomic E-state index is 4.38. The summed E-state index contributed by atoms with van der Waals surface area (Å²) in [5, 5.41) is 3.61. The maximum absolute atomic E-state index is 4.38. The molecule has 2 aliphatic heterocycles. The van der Waals surface area contributed by atoms with Gasteiger partial charge < -0.3 is 9.88 Å². The van der Waals surface area contributed by atoms with Crippen LogP contribution in [0.2, 0.25) is 0 Å². The fourth-order valence-corrected chi connectivity index (χ4v) is 3.68. The quantitative estimate of drug-likeness (QED) is 0.875. The third kappa shape index (κ3) is 1.88. The zero-order valence-electron chi connectivity index (χ0n) is 10.9. The summed E-state index contributed by atoms with van der Waals surface area (Å²) in [6.07, 6.45) is 10.9. The van der Waals surface area contributed by atoms with Gasteiger partial charge in [-0.25, -0.2) is 4.98 Å². The maximum Gasteiger partial charge on any atom is 0.0951 e. The minimum atomic E-state index is 0.672. The average molecular weight is 246 g/mol. The van der Waals surface area contributed by atoms with Gasteiger partial charge in [0, 0.05) is 31.4 Å². The lowest BCUT2D eigenvalue weighted by atomic mass is 10.1. The number of nitrogens with zero attached hydrogens (tertiary/aromatic N) is 3. The van der Waals surface area contributed by atoms with Crippen molar-refractivity contribution in [1.82, 2.24) is 19.8 Å². The Morgan fingerprint density at radius 3 is 3.00 bits per heavy atom. The third-order valence-electron chi connectivity index (χ3n) is 4.82. The molecule has 2 saturated heterocycles. The number of imidazole rings is 1. The molecule has 0 amide bonds. The lowest BCUT2D eigenvalue weighted by molar-refractivity contribution is 0.287. The highest BCUT2D eigenvalue weighted by molar-refractivity contribution is 5.06. The number of hydrogen-bond donors (Lipinski definition) is 1. The van der Waals surface area contributed by atoms with Crippen molar-refractivity contribution in [2.45, 2.75) is 56.8 Å². The van der Waals surface area contributed by atoms with E-state index in [2.05, 4.69) is 26.1 Å². The van der Waals surface area contributed by atoms with Crippen molar-refractivity contribution in [3.8, 4) is 0 Å². The zero-order valence-corrected chi connectivity index (χ0v) is 10.9. The van der Waals surface area contributed by atoms with Gasteiger partial charge in [-0.2, -0.15) is 0 Å². The van der Waals surface area contributed by atoms with Gasteiger partial charge in [-0.15, -0.1) is 0 Å². The molecule has 2 unspecified atom stereocenters. The summed E-state index contributed by atoms with van der Waals surface area (Å²) in [6.45, 7) is 3.59. The first-order chi connectivity index (χ1) is 8.92. The van der Waals surface area contributed by atoms with E-state index in [1.807, 2.05) is 6.20 Å². The van der Waals surface area contributed by atoms with Crippen LogP contribution < -0.4 is 5.32 Å². The molecule has 4 rings (SSSR count). The Balaban J connectivity index is 1.51. The first kappa shape index (κ1) is 11.0. The van der Waals surface area contributed by atoms with Gasteiger partial charge in [-0.3, -0.25) is 4.90 Å². The van der Waals surface area contributed by atoms with E-state index < -0.39 is 0 Å². The summed E-state index contributed by atoms with van der Waals surface area (Å²) >= 11 is 0. The molecule has 1 aromatic rings. The molecule has 98 valence electrons. The van der Waals surface area contributed by atoms with E-state index in [0.29, 0.717) is 6.04 Å². The van der Waals surface area contributed by atoms with Gasteiger partial charge in [0.25, 0.3) is 0 Å². The molecule has 2 atom stereocenters. The van der Waals surface area contributed by atoms with Crippen molar-refractivity contribution < 1.29 is 0 Å². The largest absolute Gasteiger partial charge is 0.329 e. The van der Waals surface area contributed by atoms with Gasteiger partial charge in [0.15, 0.2) is 0 Å². The van der Waals surface area contributed by atoms with Crippen LogP contribution in [0.3, 0.4) is 0 Å². The van der Waals surface area contributed by atoms with Crippen LogP contribution in [0.1, 0.15) is 43.8 Å². The lowest BCUT2D eigenvalue weighted by Gasteiger charge is -2.23. The molecule has 3 heterocycles. The molecule has 1 aliphatic carbocycles. The second kappa shape index (κ2) is 4.35. The van der Waals surface area contributed by atoms with Gasteiger partial charge in [0.2, 0.25) is 0 Å². The molecule has 0 aromatic carbocycles. The fourth-order valence-electron chi connectivity index (χ4n) is 3.68. The Kier molecular flexibility index (Phi) is 2.66. The summed E-state index contributed by atoms with van der Waals surface area (Å²) in [6, 6.07) is 2.23. The third-order valence-corrected chi connectivity index (χ3v) is 4.82. The Bertz CT molecular complexity index is 423. The minimum Gasteiger partial charge on any atom is -0.329 e. The molecule has 1 N–H and O–H groups in total. The van der Waals surface area contributed by atoms with Crippen LogP contribution in [0.15, 0.2) is 12.5 Å². The highest BCUT2D eigenvalue weighted by Crippen LogP contribution is 2.36. The molecule has 4 nitrogen and oxygen atoms in total. The predicted molar refractivity (Wildman–Crippen MR) is 70.3 cm³/mol. The first-order valence-electron chi connectivity index (χ1n) is 7.40. The fraction of sp³-hybridized carbons (Fsp3) is 0.786. The van der Waals surface area contributed by atoms with Crippen molar-refractivity contribution >= 4 is 0 Å². The summed E-state index contributed by atoms with van der Waals surface area (Å²) in [5.41, 5.74) is 1.38. The Morgan fingerprint density at radius 2 is 2.11 bits per heavy atom. The first-order valence-corrected chi connectivity index (χ1v) is 7.40. The van der Waals surface area contributed by atoms with Gasteiger partial charge in [0.1, 0.15) is 0 Å². The SMILES string of the molecule is c1ncn(C2CCN3CCCC23)c1CNC1CC1. The number of nitrogens with one attached hydrogen (secondary N) is 1.